The maximum absolute atomic E-state index is 8.07. The van der Waals surface area contributed by atoms with E-state index in [1.807, 2.05) is 38.2 Å². The minimum absolute atomic E-state index is 0.0550. The van der Waals surface area contributed by atoms with Crippen LogP contribution in [0, 0.1) is 5.41 Å². The standard InChI is InChI=1S/C18H21Cl2N3O/c1-12(11-22-2)24-17(21)10-13-6-3-4-9-16(13)23-18-14(19)7-5-8-15(18)20/h3-9,12,21-23H,10-11H2,1-2H3. The molecule has 1 unspecified atom stereocenters. The molecule has 128 valence electrons. The molecular formula is C18H21Cl2N3O. The van der Waals surface area contributed by atoms with E-state index in [0.29, 0.717) is 28.7 Å². The summed E-state index contributed by atoms with van der Waals surface area (Å²) >= 11 is 12.4. The first kappa shape index (κ1) is 18.6. The molecule has 0 aliphatic heterocycles. The van der Waals surface area contributed by atoms with Crippen LogP contribution in [0.25, 0.3) is 0 Å². The number of para-hydroxylation sites is 2. The Labute approximate surface area is 152 Å². The third kappa shape index (κ3) is 5.13. The summed E-state index contributed by atoms with van der Waals surface area (Å²) in [5.74, 6) is 0.220. The average molecular weight is 366 g/mol. The number of rotatable bonds is 7. The Morgan fingerprint density at radius 1 is 1.12 bits per heavy atom. The lowest BCUT2D eigenvalue weighted by Gasteiger charge is -2.17. The van der Waals surface area contributed by atoms with Crippen molar-refractivity contribution in [2.45, 2.75) is 19.4 Å². The van der Waals surface area contributed by atoms with E-state index in [2.05, 4.69) is 10.6 Å². The fourth-order valence-corrected chi connectivity index (χ4v) is 2.83. The maximum atomic E-state index is 8.07. The quantitative estimate of drug-likeness (QED) is 0.483. The Balaban J connectivity index is 2.14. The second kappa shape index (κ2) is 8.92. The van der Waals surface area contributed by atoms with E-state index in [9.17, 15) is 0 Å². The summed E-state index contributed by atoms with van der Waals surface area (Å²) in [5, 5.41) is 15.5. The number of ether oxygens (including phenoxy) is 1. The van der Waals surface area contributed by atoms with Crippen LogP contribution in [0.15, 0.2) is 42.5 Å². The maximum Gasteiger partial charge on any atom is 0.185 e. The van der Waals surface area contributed by atoms with E-state index < -0.39 is 0 Å². The Kier molecular flexibility index (Phi) is 6.91. The van der Waals surface area contributed by atoms with Crippen molar-refractivity contribution in [3.05, 3.63) is 58.1 Å². The summed E-state index contributed by atoms with van der Waals surface area (Å²) in [4.78, 5) is 0. The van der Waals surface area contributed by atoms with Crippen LogP contribution in [-0.2, 0) is 11.2 Å². The van der Waals surface area contributed by atoms with Gasteiger partial charge in [0.1, 0.15) is 6.10 Å². The number of nitrogens with one attached hydrogen (secondary N) is 3. The van der Waals surface area contributed by atoms with E-state index in [1.165, 1.54) is 0 Å². The van der Waals surface area contributed by atoms with E-state index in [-0.39, 0.29) is 12.0 Å². The summed E-state index contributed by atoms with van der Waals surface area (Å²) < 4.78 is 5.59. The van der Waals surface area contributed by atoms with Gasteiger partial charge in [-0.25, -0.2) is 0 Å². The number of likely N-dealkylation sites (N-methyl/N-ethyl adjacent to an activating group) is 1. The first-order valence-corrected chi connectivity index (χ1v) is 8.44. The highest BCUT2D eigenvalue weighted by molar-refractivity contribution is 6.39. The van der Waals surface area contributed by atoms with Crippen LogP contribution >= 0.6 is 23.2 Å². The summed E-state index contributed by atoms with van der Waals surface area (Å²) in [6.07, 6.45) is 0.333. The van der Waals surface area contributed by atoms with Crippen molar-refractivity contribution in [1.82, 2.24) is 5.32 Å². The molecule has 6 heteroatoms. The van der Waals surface area contributed by atoms with Gasteiger partial charge in [0, 0.05) is 12.2 Å². The molecule has 0 radical (unpaired) electrons. The smallest absolute Gasteiger partial charge is 0.185 e. The molecule has 0 saturated carbocycles. The van der Waals surface area contributed by atoms with Gasteiger partial charge in [-0.3, -0.25) is 5.41 Å². The third-order valence-electron chi connectivity index (χ3n) is 3.43. The number of halogens is 2. The summed E-state index contributed by atoms with van der Waals surface area (Å²) in [6.45, 7) is 2.62. The number of benzene rings is 2. The zero-order valence-electron chi connectivity index (χ0n) is 13.7. The Morgan fingerprint density at radius 2 is 1.79 bits per heavy atom. The van der Waals surface area contributed by atoms with E-state index in [0.717, 1.165) is 11.3 Å². The lowest BCUT2D eigenvalue weighted by Crippen LogP contribution is -2.26. The van der Waals surface area contributed by atoms with Crippen LogP contribution in [0.4, 0.5) is 11.4 Å². The number of anilines is 2. The molecular weight excluding hydrogens is 345 g/mol. The van der Waals surface area contributed by atoms with Crippen LogP contribution in [0.2, 0.25) is 10.0 Å². The van der Waals surface area contributed by atoms with Crippen LogP contribution in [0.5, 0.6) is 0 Å². The highest BCUT2D eigenvalue weighted by Gasteiger charge is 2.12. The van der Waals surface area contributed by atoms with Gasteiger partial charge in [0.05, 0.1) is 22.2 Å². The second-order valence-electron chi connectivity index (χ2n) is 5.46. The lowest BCUT2D eigenvalue weighted by molar-refractivity contribution is 0.200. The van der Waals surface area contributed by atoms with E-state index >= 15 is 0 Å². The van der Waals surface area contributed by atoms with Crippen molar-refractivity contribution < 1.29 is 4.74 Å². The molecule has 2 aromatic carbocycles. The van der Waals surface area contributed by atoms with Crippen molar-refractivity contribution >= 4 is 40.5 Å². The van der Waals surface area contributed by atoms with Gasteiger partial charge >= 0.3 is 0 Å². The molecule has 0 aromatic heterocycles. The summed E-state index contributed by atoms with van der Waals surface area (Å²) in [6, 6.07) is 13.1. The molecule has 2 rings (SSSR count). The SMILES string of the molecule is CNCC(C)OC(=N)Cc1ccccc1Nc1c(Cl)cccc1Cl. The molecule has 4 nitrogen and oxygen atoms in total. The molecule has 0 aliphatic rings. The average Bonchev–Trinajstić information content (AvgIpc) is 2.52. The fourth-order valence-electron chi connectivity index (χ4n) is 2.33. The summed E-state index contributed by atoms with van der Waals surface area (Å²) in [7, 11) is 1.86. The Hall–Kier alpha value is -1.75. The van der Waals surface area contributed by atoms with Gasteiger partial charge in [0.25, 0.3) is 0 Å². The van der Waals surface area contributed by atoms with Crippen molar-refractivity contribution in [2.75, 3.05) is 18.9 Å². The third-order valence-corrected chi connectivity index (χ3v) is 4.06. The molecule has 24 heavy (non-hydrogen) atoms. The van der Waals surface area contributed by atoms with Crippen molar-refractivity contribution in [3.8, 4) is 0 Å². The van der Waals surface area contributed by atoms with E-state index in [4.69, 9.17) is 33.3 Å². The van der Waals surface area contributed by atoms with Crippen LogP contribution in [0.1, 0.15) is 12.5 Å². The summed E-state index contributed by atoms with van der Waals surface area (Å²) in [5.41, 5.74) is 2.45. The molecule has 0 spiro atoms. The van der Waals surface area contributed by atoms with Crippen LogP contribution < -0.4 is 10.6 Å². The van der Waals surface area contributed by atoms with Crippen molar-refractivity contribution in [3.63, 3.8) is 0 Å². The monoisotopic (exact) mass is 365 g/mol. The Bertz CT molecular complexity index is 686. The van der Waals surface area contributed by atoms with Gasteiger partial charge in [-0.2, -0.15) is 0 Å². The Morgan fingerprint density at radius 3 is 2.46 bits per heavy atom. The largest absolute Gasteiger partial charge is 0.477 e. The molecule has 0 fully saturated rings. The van der Waals surface area contributed by atoms with Crippen LogP contribution in [0.3, 0.4) is 0 Å². The lowest BCUT2D eigenvalue weighted by atomic mass is 10.1. The minimum Gasteiger partial charge on any atom is -0.477 e. The predicted octanol–water partition coefficient (Wildman–Crippen LogP) is 4.88. The first-order chi connectivity index (χ1) is 11.5. The second-order valence-corrected chi connectivity index (χ2v) is 6.28. The highest BCUT2D eigenvalue weighted by atomic mass is 35.5. The van der Waals surface area contributed by atoms with Gasteiger partial charge in [0.15, 0.2) is 5.90 Å². The van der Waals surface area contributed by atoms with Crippen LogP contribution in [-0.4, -0.2) is 25.6 Å². The van der Waals surface area contributed by atoms with E-state index in [1.54, 1.807) is 18.2 Å². The molecule has 0 amide bonds. The molecule has 0 aliphatic carbocycles. The van der Waals surface area contributed by atoms with Gasteiger partial charge in [-0.05, 0) is 37.7 Å². The first-order valence-electron chi connectivity index (χ1n) is 7.69. The molecule has 0 saturated heterocycles. The topological polar surface area (TPSA) is 57.1 Å². The molecule has 0 heterocycles. The fraction of sp³-hybridized carbons (Fsp3) is 0.278. The predicted molar refractivity (Wildman–Crippen MR) is 102 cm³/mol. The highest BCUT2D eigenvalue weighted by Crippen LogP contribution is 2.33. The molecule has 0 bridgehead atoms. The van der Waals surface area contributed by atoms with Gasteiger partial charge in [-0.1, -0.05) is 47.5 Å². The van der Waals surface area contributed by atoms with Crippen molar-refractivity contribution in [1.29, 1.82) is 5.41 Å². The molecule has 1 atom stereocenters. The minimum atomic E-state index is -0.0550. The normalized spacial score (nSPS) is 11.8. The zero-order chi connectivity index (χ0) is 17.5. The van der Waals surface area contributed by atoms with Crippen molar-refractivity contribution in [2.24, 2.45) is 0 Å². The van der Waals surface area contributed by atoms with Gasteiger partial charge in [0.2, 0.25) is 0 Å². The van der Waals surface area contributed by atoms with Gasteiger partial charge < -0.3 is 15.4 Å². The zero-order valence-corrected chi connectivity index (χ0v) is 15.2. The molecule has 3 N–H and O–H groups in total. The molecule has 2 aromatic rings. The van der Waals surface area contributed by atoms with Gasteiger partial charge in [-0.15, -0.1) is 0 Å². The number of hydrogen-bond donors (Lipinski definition) is 3. The number of hydrogen-bond acceptors (Lipinski definition) is 4.